The molecule has 0 radical (unpaired) electrons. The van der Waals surface area contributed by atoms with Gasteiger partial charge in [0.15, 0.2) is 0 Å². The van der Waals surface area contributed by atoms with E-state index in [1.165, 1.54) is 11.8 Å². The first kappa shape index (κ1) is 25.9. The Hall–Kier alpha value is -1.40. The Bertz CT molecular complexity index is 875. The minimum absolute atomic E-state index is 0.137. The highest BCUT2D eigenvalue weighted by atomic mass is 35.5. The minimum Gasteiger partial charge on any atom is -0.354 e. The van der Waals surface area contributed by atoms with Gasteiger partial charge < -0.3 is 10.2 Å². The maximum atomic E-state index is 13.2. The van der Waals surface area contributed by atoms with E-state index in [0.29, 0.717) is 39.3 Å². The lowest BCUT2D eigenvalue weighted by atomic mass is 10.1. The fourth-order valence-electron chi connectivity index (χ4n) is 3.11. The second-order valence-corrected chi connectivity index (χ2v) is 9.30. The zero-order valence-corrected chi connectivity index (χ0v) is 20.8. The first-order valence-corrected chi connectivity index (χ1v) is 12.5. The molecule has 0 aromatic heterocycles. The Morgan fingerprint density at radius 3 is 2.35 bits per heavy atom. The summed E-state index contributed by atoms with van der Waals surface area (Å²) in [7, 11) is 0. The van der Waals surface area contributed by atoms with Crippen molar-refractivity contribution in [2.75, 3.05) is 12.3 Å². The molecule has 0 saturated heterocycles. The molecule has 168 valence electrons. The Kier molecular flexibility index (Phi) is 11.0. The molecular weight excluding hydrogens is 475 g/mol. The topological polar surface area (TPSA) is 49.4 Å². The highest BCUT2D eigenvalue weighted by Gasteiger charge is 2.29. The highest BCUT2D eigenvalue weighted by molar-refractivity contribution is 7.99. The number of nitrogens with zero attached hydrogens (tertiary/aromatic N) is 1. The van der Waals surface area contributed by atoms with Gasteiger partial charge in [0.2, 0.25) is 11.8 Å². The summed E-state index contributed by atoms with van der Waals surface area (Å²) in [4.78, 5) is 27.6. The molecule has 1 atom stereocenters. The average Bonchev–Trinajstić information content (AvgIpc) is 2.74. The van der Waals surface area contributed by atoms with Crippen molar-refractivity contribution in [3.63, 3.8) is 0 Å². The molecule has 2 aromatic carbocycles. The second kappa shape index (κ2) is 13.2. The number of hydrogen-bond donors (Lipinski definition) is 1. The van der Waals surface area contributed by atoms with Crippen molar-refractivity contribution in [3.05, 3.63) is 68.7 Å². The van der Waals surface area contributed by atoms with Crippen molar-refractivity contribution in [1.29, 1.82) is 0 Å². The Labute approximate surface area is 203 Å². The summed E-state index contributed by atoms with van der Waals surface area (Å²) in [6, 6.07) is 12.2. The number of thioether (sulfide) groups is 1. The van der Waals surface area contributed by atoms with Crippen LogP contribution < -0.4 is 5.32 Å². The SMILES string of the molecule is CCCNC(=O)[C@H](CC)N(Cc1c(Cl)cccc1Cl)C(=O)CSCc1cccc(Cl)c1. The van der Waals surface area contributed by atoms with Crippen LogP contribution in [-0.4, -0.2) is 35.1 Å². The average molecular weight is 502 g/mol. The van der Waals surface area contributed by atoms with Gasteiger partial charge in [0, 0.05) is 39.5 Å². The van der Waals surface area contributed by atoms with Crippen LogP contribution in [0, 0.1) is 0 Å². The Morgan fingerprint density at radius 1 is 1.06 bits per heavy atom. The lowest BCUT2D eigenvalue weighted by Gasteiger charge is -2.31. The number of carbonyl (C=O) groups excluding carboxylic acids is 2. The van der Waals surface area contributed by atoms with Crippen molar-refractivity contribution < 1.29 is 9.59 Å². The molecule has 2 rings (SSSR count). The van der Waals surface area contributed by atoms with E-state index in [0.717, 1.165) is 12.0 Å². The summed E-state index contributed by atoms with van der Waals surface area (Å²) in [6.07, 6.45) is 1.31. The normalized spacial score (nSPS) is 11.8. The predicted molar refractivity (Wildman–Crippen MR) is 132 cm³/mol. The van der Waals surface area contributed by atoms with E-state index in [1.807, 2.05) is 38.1 Å². The van der Waals surface area contributed by atoms with E-state index in [4.69, 9.17) is 34.8 Å². The van der Waals surface area contributed by atoms with Gasteiger partial charge in [0.25, 0.3) is 0 Å². The second-order valence-electron chi connectivity index (χ2n) is 7.06. The summed E-state index contributed by atoms with van der Waals surface area (Å²) in [5, 5.41) is 4.51. The van der Waals surface area contributed by atoms with Gasteiger partial charge in [-0.1, -0.05) is 66.8 Å². The molecular formula is C23H27Cl3N2O2S. The summed E-state index contributed by atoms with van der Waals surface area (Å²) >= 11 is 20.2. The van der Waals surface area contributed by atoms with E-state index in [2.05, 4.69) is 5.32 Å². The van der Waals surface area contributed by atoms with E-state index in [9.17, 15) is 9.59 Å². The lowest BCUT2D eigenvalue weighted by Crippen LogP contribution is -2.49. The largest absolute Gasteiger partial charge is 0.354 e. The lowest BCUT2D eigenvalue weighted by molar-refractivity contribution is -0.139. The maximum absolute atomic E-state index is 13.2. The summed E-state index contributed by atoms with van der Waals surface area (Å²) in [5.74, 6) is 0.569. The van der Waals surface area contributed by atoms with E-state index in [-0.39, 0.29) is 24.1 Å². The van der Waals surface area contributed by atoms with Crippen LogP contribution in [0.2, 0.25) is 15.1 Å². The molecule has 1 N–H and O–H groups in total. The quantitative estimate of drug-likeness (QED) is 0.398. The van der Waals surface area contributed by atoms with Gasteiger partial charge in [0.05, 0.1) is 5.75 Å². The van der Waals surface area contributed by atoms with E-state index >= 15 is 0 Å². The van der Waals surface area contributed by atoms with Gasteiger partial charge in [-0.2, -0.15) is 0 Å². The molecule has 0 bridgehead atoms. The van der Waals surface area contributed by atoms with Gasteiger partial charge in [-0.15, -0.1) is 11.8 Å². The van der Waals surface area contributed by atoms with Gasteiger partial charge in [-0.05, 0) is 42.7 Å². The zero-order chi connectivity index (χ0) is 22.8. The molecule has 0 aliphatic rings. The number of carbonyl (C=O) groups is 2. The van der Waals surface area contributed by atoms with Gasteiger partial charge in [-0.3, -0.25) is 9.59 Å². The number of hydrogen-bond acceptors (Lipinski definition) is 3. The summed E-state index contributed by atoms with van der Waals surface area (Å²) < 4.78 is 0. The van der Waals surface area contributed by atoms with Gasteiger partial charge in [0.1, 0.15) is 6.04 Å². The third kappa shape index (κ3) is 7.90. The molecule has 0 aliphatic carbocycles. The van der Waals surface area contributed by atoms with Crippen LogP contribution in [0.1, 0.15) is 37.8 Å². The minimum atomic E-state index is -0.599. The van der Waals surface area contributed by atoms with Crippen molar-refractivity contribution in [2.24, 2.45) is 0 Å². The third-order valence-corrected chi connectivity index (χ3v) is 6.64. The Balaban J connectivity index is 2.18. The van der Waals surface area contributed by atoms with Crippen LogP contribution in [0.5, 0.6) is 0 Å². The van der Waals surface area contributed by atoms with Crippen molar-refractivity contribution in [1.82, 2.24) is 10.2 Å². The van der Waals surface area contributed by atoms with Crippen molar-refractivity contribution >= 4 is 58.4 Å². The maximum Gasteiger partial charge on any atom is 0.242 e. The van der Waals surface area contributed by atoms with Crippen LogP contribution in [0.4, 0.5) is 0 Å². The fourth-order valence-corrected chi connectivity index (χ4v) is 4.69. The highest BCUT2D eigenvalue weighted by Crippen LogP contribution is 2.27. The van der Waals surface area contributed by atoms with Gasteiger partial charge in [-0.25, -0.2) is 0 Å². The predicted octanol–water partition coefficient (Wildman–Crippen LogP) is 6.21. The number of amides is 2. The molecule has 2 amide bonds. The van der Waals surface area contributed by atoms with Crippen LogP contribution >= 0.6 is 46.6 Å². The smallest absolute Gasteiger partial charge is 0.242 e. The zero-order valence-electron chi connectivity index (χ0n) is 17.7. The number of nitrogens with one attached hydrogen (secondary N) is 1. The van der Waals surface area contributed by atoms with Crippen LogP contribution in [0.25, 0.3) is 0 Å². The molecule has 31 heavy (non-hydrogen) atoms. The third-order valence-electron chi connectivity index (χ3n) is 4.71. The van der Waals surface area contributed by atoms with Crippen LogP contribution in [-0.2, 0) is 21.9 Å². The Morgan fingerprint density at radius 2 is 1.74 bits per heavy atom. The first-order valence-electron chi connectivity index (χ1n) is 10.2. The summed E-state index contributed by atoms with van der Waals surface area (Å²) in [5.41, 5.74) is 1.68. The molecule has 8 heteroatoms. The van der Waals surface area contributed by atoms with Crippen LogP contribution in [0.3, 0.4) is 0 Å². The fraction of sp³-hybridized carbons (Fsp3) is 0.391. The standard InChI is InChI=1S/C23H27Cl3N2O2S/c1-3-11-27-23(30)21(4-2)28(13-18-19(25)9-6-10-20(18)26)22(29)15-31-14-16-7-5-8-17(24)12-16/h5-10,12,21H,3-4,11,13-15H2,1-2H3,(H,27,30)/t21-/m0/s1. The number of rotatable bonds is 11. The molecule has 0 saturated carbocycles. The molecule has 0 spiro atoms. The monoisotopic (exact) mass is 500 g/mol. The summed E-state index contributed by atoms with van der Waals surface area (Å²) in [6.45, 7) is 4.62. The molecule has 0 aliphatic heterocycles. The molecule has 0 heterocycles. The molecule has 4 nitrogen and oxygen atoms in total. The molecule has 0 fully saturated rings. The number of halogens is 3. The molecule has 2 aromatic rings. The van der Waals surface area contributed by atoms with E-state index < -0.39 is 6.04 Å². The first-order chi connectivity index (χ1) is 14.9. The molecule has 0 unspecified atom stereocenters. The van der Waals surface area contributed by atoms with Crippen LogP contribution in [0.15, 0.2) is 42.5 Å². The number of benzene rings is 2. The van der Waals surface area contributed by atoms with Crippen molar-refractivity contribution in [2.45, 2.75) is 45.0 Å². The van der Waals surface area contributed by atoms with Crippen molar-refractivity contribution in [3.8, 4) is 0 Å². The van der Waals surface area contributed by atoms with Gasteiger partial charge >= 0.3 is 0 Å². The van der Waals surface area contributed by atoms with E-state index in [1.54, 1.807) is 23.1 Å².